The molecular weight excluding hydrogens is 256 g/mol. The van der Waals surface area contributed by atoms with Crippen LogP contribution in [0.25, 0.3) is 0 Å². The maximum absolute atomic E-state index is 11.0. The van der Waals surface area contributed by atoms with Crippen molar-refractivity contribution in [2.75, 3.05) is 7.05 Å². The molecule has 6 heteroatoms. The standard InChI is InChI=1S/C14H18N4O2/c1-11-14(18(19)20)12(2)17(15-11)10-16(3)9-13-7-5-4-6-8-13/h4-8H,9-10H2,1-3H3. The number of rotatable bonds is 5. The van der Waals surface area contributed by atoms with E-state index in [1.165, 1.54) is 5.56 Å². The Morgan fingerprint density at radius 2 is 1.95 bits per heavy atom. The molecule has 2 rings (SSSR count). The van der Waals surface area contributed by atoms with Crippen LogP contribution >= 0.6 is 0 Å². The zero-order chi connectivity index (χ0) is 14.7. The third-order valence-corrected chi connectivity index (χ3v) is 3.20. The summed E-state index contributed by atoms with van der Waals surface area (Å²) in [6, 6.07) is 10.1. The van der Waals surface area contributed by atoms with E-state index in [4.69, 9.17) is 0 Å². The number of benzene rings is 1. The molecule has 0 bridgehead atoms. The maximum Gasteiger partial charge on any atom is 0.312 e. The lowest BCUT2D eigenvalue weighted by atomic mass is 10.2. The zero-order valence-corrected chi connectivity index (χ0v) is 11.9. The van der Waals surface area contributed by atoms with Crippen molar-refractivity contribution in [2.45, 2.75) is 27.1 Å². The summed E-state index contributed by atoms with van der Waals surface area (Å²) < 4.78 is 1.68. The van der Waals surface area contributed by atoms with E-state index in [-0.39, 0.29) is 10.6 Å². The number of nitrogens with zero attached hydrogens (tertiary/aromatic N) is 4. The van der Waals surface area contributed by atoms with Gasteiger partial charge in [-0.15, -0.1) is 0 Å². The molecule has 0 fully saturated rings. The SMILES string of the molecule is Cc1nn(CN(C)Cc2ccccc2)c(C)c1[N+](=O)[O-]. The van der Waals surface area contributed by atoms with Crippen molar-refractivity contribution < 1.29 is 4.92 Å². The van der Waals surface area contributed by atoms with Gasteiger partial charge in [-0.2, -0.15) is 5.10 Å². The van der Waals surface area contributed by atoms with Crippen molar-refractivity contribution in [1.82, 2.24) is 14.7 Å². The van der Waals surface area contributed by atoms with Crippen molar-refractivity contribution in [3.05, 3.63) is 57.4 Å². The fourth-order valence-corrected chi connectivity index (χ4v) is 2.26. The lowest BCUT2D eigenvalue weighted by molar-refractivity contribution is -0.386. The molecule has 1 heterocycles. The van der Waals surface area contributed by atoms with Gasteiger partial charge in [-0.05, 0) is 26.5 Å². The van der Waals surface area contributed by atoms with Gasteiger partial charge in [0.05, 0.1) is 11.6 Å². The molecule has 0 aliphatic rings. The molecule has 0 atom stereocenters. The Morgan fingerprint density at radius 1 is 1.30 bits per heavy atom. The van der Waals surface area contributed by atoms with Crippen LogP contribution in [0.4, 0.5) is 5.69 Å². The smallest absolute Gasteiger partial charge is 0.283 e. The molecule has 0 N–H and O–H groups in total. The van der Waals surface area contributed by atoms with E-state index in [0.717, 1.165) is 6.54 Å². The zero-order valence-electron chi connectivity index (χ0n) is 11.9. The first-order valence-corrected chi connectivity index (χ1v) is 6.40. The molecule has 0 unspecified atom stereocenters. The first-order chi connectivity index (χ1) is 9.49. The molecule has 20 heavy (non-hydrogen) atoms. The molecule has 106 valence electrons. The largest absolute Gasteiger partial charge is 0.312 e. The molecule has 6 nitrogen and oxygen atoms in total. The van der Waals surface area contributed by atoms with E-state index < -0.39 is 0 Å². The Kier molecular flexibility index (Phi) is 4.14. The minimum atomic E-state index is -0.370. The van der Waals surface area contributed by atoms with Crippen LogP contribution in [0.15, 0.2) is 30.3 Å². The number of nitro groups is 1. The van der Waals surface area contributed by atoms with E-state index >= 15 is 0 Å². The highest BCUT2D eigenvalue weighted by molar-refractivity contribution is 5.39. The third kappa shape index (κ3) is 3.03. The lowest BCUT2D eigenvalue weighted by Gasteiger charge is -2.17. The lowest BCUT2D eigenvalue weighted by Crippen LogP contribution is -2.23. The second-order valence-electron chi connectivity index (χ2n) is 4.92. The van der Waals surface area contributed by atoms with E-state index in [9.17, 15) is 10.1 Å². The van der Waals surface area contributed by atoms with Crippen LogP contribution in [0.5, 0.6) is 0 Å². The van der Waals surface area contributed by atoms with Gasteiger partial charge in [0.15, 0.2) is 0 Å². The van der Waals surface area contributed by atoms with Crippen LogP contribution in [0, 0.1) is 24.0 Å². The van der Waals surface area contributed by atoms with Crippen LogP contribution in [-0.2, 0) is 13.2 Å². The van der Waals surface area contributed by atoms with Gasteiger partial charge in [-0.25, -0.2) is 4.68 Å². The molecule has 1 aromatic heterocycles. The van der Waals surface area contributed by atoms with Crippen molar-refractivity contribution in [2.24, 2.45) is 0 Å². The monoisotopic (exact) mass is 274 g/mol. The van der Waals surface area contributed by atoms with Crippen LogP contribution in [0.1, 0.15) is 17.0 Å². The van der Waals surface area contributed by atoms with Gasteiger partial charge in [-0.1, -0.05) is 30.3 Å². The van der Waals surface area contributed by atoms with Gasteiger partial charge in [0, 0.05) is 6.54 Å². The molecular formula is C14H18N4O2. The molecule has 0 saturated carbocycles. The third-order valence-electron chi connectivity index (χ3n) is 3.20. The predicted octanol–water partition coefficient (Wildman–Crippen LogP) is 2.50. The average Bonchev–Trinajstić information content (AvgIpc) is 2.65. The van der Waals surface area contributed by atoms with E-state index in [1.54, 1.807) is 18.5 Å². The Balaban J connectivity index is 2.10. The van der Waals surface area contributed by atoms with Gasteiger partial charge in [-0.3, -0.25) is 15.0 Å². The minimum Gasteiger partial charge on any atom is -0.283 e. The van der Waals surface area contributed by atoms with E-state index in [1.807, 2.05) is 25.2 Å². The summed E-state index contributed by atoms with van der Waals surface area (Å²) in [5.41, 5.74) is 2.36. The molecule has 0 saturated heterocycles. The van der Waals surface area contributed by atoms with Gasteiger partial charge >= 0.3 is 5.69 Å². The average molecular weight is 274 g/mol. The Bertz CT molecular complexity index is 607. The molecule has 1 aromatic carbocycles. The Labute approximate surface area is 117 Å². The van der Waals surface area contributed by atoms with Crippen molar-refractivity contribution in [3.8, 4) is 0 Å². The predicted molar refractivity (Wildman–Crippen MR) is 76.3 cm³/mol. The van der Waals surface area contributed by atoms with Gasteiger partial charge in [0.25, 0.3) is 0 Å². The second kappa shape index (κ2) is 5.83. The summed E-state index contributed by atoms with van der Waals surface area (Å²) in [7, 11) is 1.97. The molecule has 0 amide bonds. The fourth-order valence-electron chi connectivity index (χ4n) is 2.26. The first-order valence-electron chi connectivity index (χ1n) is 6.40. The summed E-state index contributed by atoms with van der Waals surface area (Å²) in [4.78, 5) is 12.7. The van der Waals surface area contributed by atoms with E-state index in [0.29, 0.717) is 18.1 Å². The van der Waals surface area contributed by atoms with Crippen molar-refractivity contribution >= 4 is 5.69 Å². The quantitative estimate of drug-likeness (QED) is 0.620. The summed E-state index contributed by atoms with van der Waals surface area (Å²) >= 11 is 0. The van der Waals surface area contributed by atoms with Crippen LogP contribution < -0.4 is 0 Å². The minimum absolute atomic E-state index is 0.109. The normalized spacial score (nSPS) is 11.0. The second-order valence-corrected chi connectivity index (χ2v) is 4.92. The van der Waals surface area contributed by atoms with Crippen molar-refractivity contribution in [3.63, 3.8) is 0 Å². The van der Waals surface area contributed by atoms with Crippen molar-refractivity contribution in [1.29, 1.82) is 0 Å². The van der Waals surface area contributed by atoms with Gasteiger partial charge in [0.2, 0.25) is 0 Å². The number of hydrogen-bond donors (Lipinski definition) is 0. The first kappa shape index (κ1) is 14.2. The topological polar surface area (TPSA) is 64.2 Å². The summed E-state index contributed by atoms with van der Waals surface area (Å²) in [6.07, 6.45) is 0. The summed E-state index contributed by atoms with van der Waals surface area (Å²) in [6.45, 7) is 4.69. The highest BCUT2D eigenvalue weighted by atomic mass is 16.6. The highest BCUT2D eigenvalue weighted by Crippen LogP contribution is 2.21. The van der Waals surface area contributed by atoms with Crippen LogP contribution in [-0.4, -0.2) is 26.7 Å². The summed E-state index contributed by atoms with van der Waals surface area (Å²) in [5.74, 6) is 0. The molecule has 0 aliphatic heterocycles. The highest BCUT2D eigenvalue weighted by Gasteiger charge is 2.22. The number of aryl methyl sites for hydroxylation is 1. The fraction of sp³-hybridized carbons (Fsp3) is 0.357. The van der Waals surface area contributed by atoms with Crippen LogP contribution in [0.2, 0.25) is 0 Å². The summed E-state index contributed by atoms with van der Waals surface area (Å²) in [5, 5.41) is 15.2. The maximum atomic E-state index is 11.0. The van der Waals surface area contributed by atoms with Crippen LogP contribution in [0.3, 0.4) is 0 Å². The van der Waals surface area contributed by atoms with Gasteiger partial charge < -0.3 is 0 Å². The molecule has 2 aromatic rings. The molecule has 0 aliphatic carbocycles. The molecule has 0 radical (unpaired) electrons. The van der Waals surface area contributed by atoms with E-state index in [2.05, 4.69) is 22.1 Å². The number of hydrogen-bond acceptors (Lipinski definition) is 4. The Hall–Kier alpha value is -2.21. The Morgan fingerprint density at radius 3 is 2.50 bits per heavy atom. The van der Waals surface area contributed by atoms with Gasteiger partial charge in [0.1, 0.15) is 11.4 Å². The number of aromatic nitrogens is 2. The molecule has 0 spiro atoms.